The number of likely N-dealkylation sites (tertiary alicyclic amines) is 1. The molecule has 0 spiro atoms. The molecule has 126 valence electrons. The molecule has 0 radical (unpaired) electrons. The summed E-state index contributed by atoms with van der Waals surface area (Å²) in [6.07, 6.45) is 3.40. The Morgan fingerprint density at radius 3 is 2.84 bits per heavy atom. The summed E-state index contributed by atoms with van der Waals surface area (Å²) in [5.41, 5.74) is 2.62. The summed E-state index contributed by atoms with van der Waals surface area (Å²) in [6, 6.07) is 11.4. The fraction of sp³-hybridized carbons (Fsp3) is 0.211. The number of nitrogens with one attached hydrogen (secondary N) is 2. The molecule has 0 saturated carbocycles. The first kappa shape index (κ1) is 15.4. The zero-order valence-electron chi connectivity index (χ0n) is 13.8. The monoisotopic (exact) mass is 334 g/mol. The molecule has 1 aliphatic heterocycles. The summed E-state index contributed by atoms with van der Waals surface area (Å²) in [5, 5.41) is 3.72. The van der Waals surface area contributed by atoms with Gasteiger partial charge in [0.15, 0.2) is 0 Å². The Balaban J connectivity index is 1.40. The third kappa shape index (κ3) is 2.87. The third-order valence-corrected chi connectivity index (χ3v) is 4.53. The number of benzene rings is 1. The molecule has 1 saturated heterocycles. The molecule has 2 aromatic heterocycles. The largest absolute Gasteiger partial charge is 0.360 e. The first-order valence-electron chi connectivity index (χ1n) is 8.21. The lowest BCUT2D eigenvalue weighted by Crippen LogP contribution is -2.54. The van der Waals surface area contributed by atoms with E-state index in [1.807, 2.05) is 43.3 Å². The molecule has 3 aromatic rings. The van der Waals surface area contributed by atoms with E-state index in [0.29, 0.717) is 24.5 Å². The molecular weight excluding hydrogens is 316 g/mol. The van der Waals surface area contributed by atoms with Gasteiger partial charge in [0.2, 0.25) is 5.91 Å². The number of hydrogen-bond acceptors (Lipinski definition) is 3. The van der Waals surface area contributed by atoms with Gasteiger partial charge in [0.05, 0.1) is 11.5 Å². The van der Waals surface area contributed by atoms with E-state index in [1.165, 1.54) is 0 Å². The van der Waals surface area contributed by atoms with Gasteiger partial charge in [0.25, 0.3) is 5.91 Å². The molecule has 0 aliphatic carbocycles. The average molecular weight is 334 g/mol. The van der Waals surface area contributed by atoms with Crippen LogP contribution in [0.4, 0.5) is 5.82 Å². The summed E-state index contributed by atoms with van der Waals surface area (Å²) < 4.78 is 0. The highest BCUT2D eigenvalue weighted by atomic mass is 16.2. The molecular formula is C19H18N4O2. The van der Waals surface area contributed by atoms with Crippen LogP contribution in [0.2, 0.25) is 0 Å². The van der Waals surface area contributed by atoms with Crippen molar-refractivity contribution in [3.8, 4) is 0 Å². The zero-order valence-corrected chi connectivity index (χ0v) is 13.8. The van der Waals surface area contributed by atoms with E-state index in [-0.39, 0.29) is 17.7 Å². The number of aryl methyl sites for hydroxylation is 1. The Morgan fingerprint density at radius 1 is 1.24 bits per heavy atom. The maximum Gasteiger partial charge on any atom is 0.256 e. The summed E-state index contributed by atoms with van der Waals surface area (Å²) in [5.74, 6) is 0.208. The fourth-order valence-corrected chi connectivity index (χ4v) is 3.06. The molecule has 1 fully saturated rings. The molecule has 6 nitrogen and oxygen atoms in total. The number of amides is 2. The number of carbonyl (C=O) groups is 2. The molecule has 1 aromatic carbocycles. The number of nitrogens with zero attached hydrogens (tertiary/aromatic N) is 2. The van der Waals surface area contributed by atoms with Crippen molar-refractivity contribution in [3.63, 3.8) is 0 Å². The van der Waals surface area contributed by atoms with Crippen LogP contribution in [-0.2, 0) is 4.79 Å². The van der Waals surface area contributed by atoms with Gasteiger partial charge in [0, 0.05) is 36.4 Å². The third-order valence-electron chi connectivity index (χ3n) is 4.53. The molecule has 0 atom stereocenters. The lowest BCUT2D eigenvalue weighted by Gasteiger charge is -2.38. The minimum Gasteiger partial charge on any atom is -0.360 e. The van der Waals surface area contributed by atoms with Crippen molar-refractivity contribution in [2.24, 2.45) is 5.92 Å². The number of fused-ring (bicyclic) bond motifs is 1. The maximum atomic E-state index is 12.6. The van der Waals surface area contributed by atoms with Crippen LogP contribution in [-0.4, -0.2) is 39.8 Å². The second-order valence-electron chi connectivity index (χ2n) is 6.36. The van der Waals surface area contributed by atoms with E-state index in [2.05, 4.69) is 15.3 Å². The predicted octanol–water partition coefficient (Wildman–Crippen LogP) is 2.58. The molecule has 2 N–H and O–H groups in total. The predicted molar refractivity (Wildman–Crippen MR) is 95.3 cm³/mol. The second-order valence-corrected chi connectivity index (χ2v) is 6.36. The Kier molecular flexibility index (Phi) is 3.72. The number of anilines is 1. The summed E-state index contributed by atoms with van der Waals surface area (Å²) in [7, 11) is 0. The summed E-state index contributed by atoms with van der Waals surface area (Å²) in [4.78, 5) is 33.9. The van der Waals surface area contributed by atoms with E-state index >= 15 is 0 Å². The number of para-hydroxylation sites is 1. The fourth-order valence-electron chi connectivity index (χ4n) is 3.06. The quantitative estimate of drug-likeness (QED) is 0.773. The van der Waals surface area contributed by atoms with Gasteiger partial charge in [-0.1, -0.05) is 18.2 Å². The number of rotatable bonds is 3. The van der Waals surface area contributed by atoms with E-state index in [9.17, 15) is 9.59 Å². The highest BCUT2D eigenvalue weighted by molar-refractivity contribution is 6.07. The standard InChI is InChI=1S/C19H18N4O2/c1-12-6-7-20-17(8-12)22-18(24)13-10-23(11-13)19(25)15-9-21-16-5-3-2-4-14(15)16/h2-9,13,21H,10-11H2,1H3,(H,20,22,24). The first-order chi connectivity index (χ1) is 12.1. The van der Waals surface area contributed by atoms with Crippen molar-refractivity contribution < 1.29 is 9.59 Å². The van der Waals surface area contributed by atoms with Gasteiger partial charge in [-0.25, -0.2) is 4.98 Å². The van der Waals surface area contributed by atoms with Crippen molar-refractivity contribution in [1.29, 1.82) is 0 Å². The van der Waals surface area contributed by atoms with Crippen molar-refractivity contribution in [2.75, 3.05) is 18.4 Å². The van der Waals surface area contributed by atoms with Crippen LogP contribution in [0, 0.1) is 12.8 Å². The Labute approximate surface area is 144 Å². The molecule has 0 unspecified atom stereocenters. The van der Waals surface area contributed by atoms with E-state index < -0.39 is 0 Å². The number of aromatic amines is 1. The smallest absolute Gasteiger partial charge is 0.256 e. The van der Waals surface area contributed by atoms with Crippen LogP contribution in [0.25, 0.3) is 10.9 Å². The van der Waals surface area contributed by atoms with Crippen molar-refractivity contribution >= 4 is 28.5 Å². The van der Waals surface area contributed by atoms with Crippen LogP contribution >= 0.6 is 0 Å². The zero-order chi connectivity index (χ0) is 17.4. The van der Waals surface area contributed by atoms with Gasteiger partial charge < -0.3 is 15.2 Å². The molecule has 0 bridgehead atoms. The Hall–Kier alpha value is -3.15. The van der Waals surface area contributed by atoms with Crippen LogP contribution < -0.4 is 5.32 Å². The minimum atomic E-state index is -0.198. The van der Waals surface area contributed by atoms with Gasteiger partial charge >= 0.3 is 0 Å². The van der Waals surface area contributed by atoms with Crippen molar-refractivity contribution in [2.45, 2.75) is 6.92 Å². The lowest BCUT2D eigenvalue weighted by molar-refractivity contribution is -0.123. The van der Waals surface area contributed by atoms with Gasteiger partial charge in [0.1, 0.15) is 5.82 Å². The van der Waals surface area contributed by atoms with Crippen LogP contribution in [0.3, 0.4) is 0 Å². The number of pyridine rings is 1. The molecule has 25 heavy (non-hydrogen) atoms. The van der Waals surface area contributed by atoms with Gasteiger partial charge in [-0.15, -0.1) is 0 Å². The molecule has 1 aliphatic rings. The van der Waals surface area contributed by atoms with Gasteiger partial charge in [-0.05, 0) is 30.7 Å². The summed E-state index contributed by atoms with van der Waals surface area (Å²) >= 11 is 0. The molecule has 4 rings (SSSR count). The highest BCUT2D eigenvalue weighted by Crippen LogP contribution is 2.24. The topological polar surface area (TPSA) is 78.1 Å². The van der Waals surface area contributed by atoms with Crippen LogP contribution in [0.15, 0.2) is 48.8 Å². The lowest BCUT2D eigenvalue weighted by atomic mass is 9.97. The molecule has 6 heteroatoms. The van der Waals surface area contributed by atoms with Crippen LogP contribution in [0.5, 0.6) is 0 Å². The van der Waals surface area contributed by atoms with Gasteiger partial charge in [-0.2, -0.15) is 0 Å². The van der Waals surface area contributed by atoms with E-state index in [0.717, 1.165) is 16.5 Å². The van der Waals surface area contributed by atoms with Gasteiger partial charge in [-0.3, -0.25) is 9.59 Å². The maximum absolute atomic E-state index is 12.6. The van der Waals surface area contributed by atoms with Crippen molar-refractivity contribution in [1.82, 2.24) is 14.9 Å². The highest BCUT2D eigenvalue weighted by Gasteiger charge is 2.36. The Morgan fingerprint density at radius 2 is 2.04 bits per heavy atom. The molecule has 3 heterocycles. The Bertz CT molecular complexity index is 957. The first-order valence-corrected chi connectivity index (χ1v) is 8.21. The van der Waals surface area contributed by atoms with Crippen molar-refractivity contribution in [3.05, 3.63) is 59.9 Å². The number of H-pyrrole nitrogens is 1. The normalized spacial score (nSPS) is 14.4. The number of aromatic nitrogens is 2. The average Bonchev–Trinajstić information content (AvgIpc) is 2.97. The minimum absolute atomic E-state index is 0.0461. The SMILES string of the molecule is Cc1ccnc(NC(=O)C2CN(C(=O)c3c[nH]c4ccccc34)C2)c1. The molecule has 2 amide bonds. The number of carbonyl (C=O) groups excluding carboxylic acids is 2. The number of hydrogen-bond donors (Lipinski definition) is 2. The second kappa shape index (κ2) is 6.05. The van der Waals surface area contributed by atoms with Crippen LogP contribution in [0.1, 0.15) is 15.9 Å². The van der Waals surface area contributed by atoms with E-state index in [4.69, 9.17) is 0 Å². The summed E-state index contributed by atoms with van der Waals surface area (Å²) in [6.45, 7) is 2.80. The van der Waals surface area contributed by atoms with E-state index in [1.54, 1.807) is 17.3 Å².